The fraction of sp³-hybridized carbons (Fsp3) is 0.500. The van der Waals surface area contributed by atoms with Gasteiger partial charge in [-0.25, -0.2) is 14.3 Å². The maximum atomic E-state index is 14.0. The Bertz CT molecular complexity index is 1400. The normalized spacial score (nSPS) is 14.2. The molecule has 0 unspecified atom stereocenters. The molecule has 14 heteroatoms. The summed E-state index contributed by atoms with van der Waals surface area (Å²) in [6, 6.07) is 8.74. The van der Waals surface area contributed by atoms with Crippen LogP contribution in [0.5, 0.6) is 5.75 Å². The van der Waals surface area contributed by atoms with Gasteiger partial charge in [0.15, 0.2) is 17.2 Å². The fourth-order valence-corrected chi connectivity index (χ4v) is 4.50. The van der Waals surface area contributed by atoms with E-state index >= 15 is 0 Å². The van der Waals surface area contributed by atoms with Crippen LogP contribution >= 0.6 is 0 Å². The molecular weight excluding hydrogens is 557 g/mol. The summed E-state index contributed by atoms with van der Waals surface area (Å²) in [4.78, 5) is 34.2. The van der Waals surface area contributed by atoms with Crippen molar-refractivity contribution in [2.75, 3.05) is 56.2 Å². The number of amides is 1. The predicted molar refractivity (Wildman–Crippen MR) is 149 cm³/mol. The number of aromatic nitrogens is 3. The van der Waals surface area contributed by atoms with E-state index in [4.69, 9.17) is 14.2 Å². The number of fused-ring (bicyclic) bond motifs is 1. The van der Waals surface area contributed by atoms with E-state index in [9.17, 15) is 22.8 Å². The van der Waals surface area contributed by atoms with E-state index in [0.29, 0.717) is 31.9 Å². The Labute approximate surface area is 241 Å². The SMILES string of the molecule is CCOC(=O)CN(Cc1ccc(OC)cc1)c1cc(N2CCN(C(=O)OC(C)(C)C)CC2)nn2c(C(F)(F)F)cnc12. The minimum absolute atomic E-state index is 0.0590. The van der Waals surface area contributed by atoms with Crippen LogP contribution < -0.4 is 14.5 Å². The van der Waals surface area contributed by atoms with Crippen molar-refractivity contribution < 1.29 is 37.0 Å². The molecule has 1 aliphatic heterocycles. The minimum atomic E-state index is -4.72. The molecule has 11 nitrogen and oxygen atoms in total. The van der Waals surface area contributed by atoms with E-state index in [1.807, 2.05) is 0 Å². The summed E-state index contributed by atoms with van der Waals surface area (Å²) in [5.41, 5.74) is -0.707. The van der Waals surface area contributed by atoms with Crippen molar-refractivity contribution in [1.29, 1.82) is 0 Å². The second-order valence-electron chi connectivity index (χ2n) is 10.7. The lowest BCUT2D eigenvalue weighted by Gasteiger charge is -2.36. The van der Waals surface area contributed by atoms with E-state index in [0.717, 1.165) is 16.3 Å². The third-order valence-electron chi connectivity index (χ3n) is 6.48. The van der Waals surface area contributed by atoms with Crippen molar-refractivity contribution in [2.24, 2.45) is 0 Å². The number of imidazole rings is 1. The zero-order valence-corrected chi connectivity index (χ0v) is 24.3. The number of hydrogen-bond acceptors (Lipinski definition) is 9. The Morgan fingerprint density at radius 2 is 1.71 bits per heavy atom. The van der Waals surface area contributed by atoms with Crippen LogP contribution in [0.1, 0.15) is 39.0 Å². The van der Waals surface area contributed by atoms with Crippen molar-refractivity contribution in [3.05, 3.63) is 47.8 Å². The molecule has 42 heavy (non-hydrogen) atoms. The first-order valence-electron chi connectivity index (χ1n) is 13.5. The van der Waals surface area contributed by atoms with E-state index in [1.165, 1.54) is 0 Å². The summed E-state index contributed by atoms with van der Waals surface area (Å²) < 4.78 is 58.6. The van der Waals surface area contributed by atoms with Crippen molar-refractivity contribution in [3.63, 3.8) is 0 Å². The van der Waals surface area contributed by atoms with Crippen LogP contribution in [0.3, 0.4) is 0 Å². The molecule has 0 N–H and O–H groups in total. The summed E-state index contributed by atoms with van der Waals surface area (Å²) in [5.74, 6) is 0.336. The van der Waals surface area contributed by atoms with Crippen LogP contribution in [0.25, 0.3) is 5.65 Å². The van der Waals surface area contributed by atoms with Crippen molar-refractivity contribution >= 4 is 29.2 Å². The van der Waals surface area contributed by atoms with Crippen LogP contribution in [0, 0.1) is 0 Å². The van der Waals surface area contributed by atoms with Crippen LogP contribution in [-0.4, -0.2) is 83.6 Å². The summed E-state index contributed by atoms with van der Waals surface area (Å²) in [7, 11) is 1.54. The number of ether oxygens (including phenoxy) is 3. The summed E-state index contributed by atoms with van der Waals surface area (Å²) in [6.45, 7) is 8.29. The molecule has 1 amide bonds. The Morgan fingerprint density at radius 3 is 2.29 bits per heavy atom. The molecule has 0 saturated carbocycles. The monoisotopic (exact) mass is 592 g/mol. The highest BCUT2D eigenvalue weighted by Crippen LogP contribution is 2.34. The number of esters is 1. The molecular formula is C28H35F3N6O5. The average Bonchev–Trinajstić information content (AvgIpc) is 3.37. The van der Waals surface area contributed by atoms with Gasteiger partial charge in [-0.15, -0.1) is 5.10 Å². The Hall–Kier alpha value is -4.23. The molecule has 1 saturated heterocycles. The summed E-state index contributed by atoms with van der Waals surface area (Å²) in [5, 5.41) is 4.31. The molecule has 3 aromatic rings. The van der Waals surface area contributed by atoms with Gasteiger partial charge in [-0.2, -0.15) is 13.2 Å². The molecule has 2 aromatic heterocycles. The maximum Gasteiger partial charge on any atom is 0.435 e. The van der Waals surface area contributed by atoms with Gasteiger partial charge in [0.05, 0.1) is 25.6 Å². The van der Waals surface area contributed by atoms with Gasteiger partial charge in [0, 0.05) is 38.8 Å². The molecule has 0 radical (unpaired) electrons. The number of methoxy groups -OCH3 is 1. The zero-order valence-electron chi connectivity index (χ0n) is 24.3. The zero-order chi connectivity index (χ0) is 30.7. The second-order valence-corrected chi connectivity index (χ2v) is 10.7. The molecule has 0 atom stereocenters. The van der Waals surface area contributed by atoms with Gasteiger partial charge in [-0.05, 0) is 45.4 Å². The topological polar surface area (TPSA) is 102 Å². The third-order valence-corrected chi connectivity index (χ3v) is 6.48. The van der Waals surface area contributed by atoms with E-state index < -0.39 is 29.5 Å². The number of piperazine rings is 1. The molecule has 0 aliphatic carbocycles. The number of carbonyl (C=O) groups is 2. The molecule has 3 heterocycles. The predicted octanol–water partition coefficient (Wildman–Crippen LogP) is 4.38. The van der Waals surface area contributed by atoms with E-state index in [1.54, 1.807) is 79.8 Å². The van der Waals surface area contributed by atoms with Gasteiger partial charge < -0.3 is 28.9 Å². The van der Waals surface area contributed by atoms with Crippen molar-refractivity contribution in [1.82, 2.24) is 19.5 Å². The van der Waals surface area contributed by atoms with Gasteiger partial charge in [-0.3, -0.25) is 4.79 Å². The third kappa shape index (κ3) is 7.34. The van der Waals surface area contributed by atoms with Gasteiger partial charge in [0.2, 0.25) is 0 Å². The smallest absolute Gasteiger partial charge is 0.435 e. The Morgan fingerprint density at radius 1 is 1.05 bits per heavy atom. The van der Waals surface area contributed by atoms with E-state index in [2.05, 4.69) is 10.1 Å². The number of rotatable bonds is 8. The number of carbonyl (C=O) groups excluding carboxylic acids is 2. The number of benzene rings is 1. The minimum Gasteiger partial charge on any atom is -0.497 e. The lowest BCUT2D eigenvalue weighted by atomic mass is 10.2. The lowest BCUT2D eigenvalue weighted by molar-refractivity contribution is -0.143. The maximum absolute atomic E-state index is 14.0. The molecule has 1 aliphatic rings. The summed E-state index contributed by atoms with van der Waals surface area (Å²) >= 11 is 0. The van der Waals surface area contributed by atoms with Gasteiger partial charge in [-0.1, -0.05) is 12.1 Å². The quantitative estimate of drug-likeness (QED) is 0.353. The highest BCUT2D eigenvalue weighted by molar-refractivity contribution is 5.80. The molecule has 228 valence electrons. The number of halogens is 3. The fourth-order valence-electron chi connectivity index (χ4n) is 4.50. The van der Waals surface area contributed by atoms with Crippen LogP contribution in [0.15, 0.2) is 36.5 Å². The largest absolute Gasteiger partial charge is 0.497 e. The second kappa shape index (κ2) is 12.3. The number of nitrogens with zero attached hydrogens (tertiary/aromatic N) is 6. The Balaban J connectivity index is 1.73. The molecule has 1 aromatic carbocycles. The van der Waals surface area contributed by atoms with Crippen LogP contribution in [-0.2, 0) is 27.0 Å². The van der Waals surface area contributed by atoms with Crippen LogP contribution in [0.2, 0.25) is 0 Å². The van der Waals surface area contributed by atoms with Crippen molar-refractivity contribution in [2.45, 2.75) is 46.0 Å². The molecule has 4 rings (SSSR count). The molecule has 0 bridgehead atoms. The highest BCUT2D eigenvalue weighted by atomic mass is 19.4. The standard InChI is InChI=1S/C28H35F3N6O5/c1-6-41-24(38)18-36(17-19-7-9-20(40-5)10-8-19)21-15-23(33-37-22(28(29,30)31)16-32-25(21)37)34-11-13-35(14-12-34)26(39)42-27(2,3)4/h7-10,15-16H,6,11-14,17-18H2,1-5H3. The van der Waals surface area contributed by atoms with Gasteiger partial charge in [0.1, 0.15) is 17.9 Å². The first-order valence-corrected chi connectivity index (χ1v) is 13.5. The number of anilines is 2. The lowest BCUT2D eigenvalue weighted by Crippen LogP contribution is -2.50. The number of hydrogen-bond donors (Lipinski definition) is 0. The van der Waals surface area contributed by atoms with Crippen molar-refractivity contribution in [3.8, 4) is 5.75 Å². The summed E-state index contributed by atoms with van der Waals surface area (Å²) in [6.07, 6.45) is -4.45. The molecule has 0 spiro atoms. The number of alkyl halides is 3. The highest BCUT2D eigenvalue weighted by Gasteiger charge is 2.37. The van der Waals surface area contributed by atoms with Gasteiger partial charge >= 0.3 is 18.2 Å². The Kier molecular flexibility index (Phi) is 9.02. The molecule has 1 fully saturated rings. The average molecular weight is 593 g/mol. The first kappa shape index (κ1) is 30.7. The van der Waals surface area contributed by atoms with E-state index in [-0.39, 0.29) is 36.8 Å². The van der Waals surface area contributed by atoms with Gasteiger partial charge in [0.25, 0.3) is 0 Å². The first-order chi connectivity index (χ1) is 19.8. The van der Waals surface area contributed by atoms with Crippen LogP contribution in [0.4, 0.5) is 29.5 Å².